The fourth-order valence-electron chi connectivity index (χ4n) is 4.55. The average Bonchev–Trinajstić information content (AvgIpc) is 3.29. The van der Waals surface area contributed by atoms with Gasteiger partial charge in [0, 0.05) is 29.1 Å². The number of benzene rings is 3. The first-order valence-electron chi connectivity index (χ1n) is 12.2. The van der Waals surface area contributed by atoms with Gasteiger partial charge in [-0.25, -0.2) is 23.3 Å². The maximum absolute atomic E-state index is 15.1. The Balaban J connectivity index is 1.45. The number of aliphatic imine (C=N–C) groups is 1. The number of fused-ring (bicyclic) bond motifs is 2. The first kappa shape index (κ1) is 25.0. The van der Waals surface area contributed by atoms with E-state index in [9.17, 15) is 19.1 Å². The predicted octanol–water partition coefficient (Wildman–Crippen LogP) is 3.71. The van der Waals surface area contributed by atoms with E-state index >= 15 is 4.39 Å². The molecule has 0 saturated carbocycles. The number of aliphatic hydroxyl groups is 1. The van der Waals surface area contributed by atoms with Crippen LogP contribution >= 0.6 is 0 Å². The average molecular weight is 539 g/mol. The molecule has 1 atom stereocenters. The summed E-state index contributed by atoms with van der Waals surface area (Å²) in [6.07, 6.45) is 1.53. The van der Waals surface area contributed by atoms with Crippen molar-refractivity contribution in [3.05, 3.63) is 119 Å². The number of aromatic nitrogens is 3. The van der Waals surface area contributed by atoms with E-state index < -0.39 is 29.6 Å². The molecule has 0 aliphatic carbocycles. The molecule has 198 valence electrons. The Morgan fingerprint density at radius 1 is 1.00 bits per heavy atom. The molecule has 3 aromatic carbocycles. The Hall–Kier alpha value is -5.29. The Morgan fingerprint density at radius 2 is 1.82 bits per heavy atom. The highest BCUT2D eigenvalue weighted by Crippen LogP contribution is 2.30. The summed E-state index contributed by atoms with van der Waals surface area (Å²) in [5.74, 6) is -2.92. The number of aliphatic hydroxyl groups excluding tert-OH is 1. The molecule has 5 aromatic rings. The van der Waals surface area contributed by atoms with Crippen LogP contribution in [0.2, 0.25) is 0 Å². The Labute approximate surface area is 225 Å². The molecule has 2 aromatic heterocycles. The van der Waals surface area contributed by atoms with Gasteiger partial charge in [-0.05, 0) is 29.8 Å². The lowest BCUT2D eigenvalue weighted by molar-refractivity contribution is -0.117. The monoisotopic (exact) mass is 538 g/mol. The molecule has 0 fully saturated rings. The summed E-state index contributed by atoms with van der Waals surface area (Å²) in [4.78, 5) is 35.8. The normalized spacial score (nSPS) is 14.7. The van der Waals surface area contributed by atoms with Crippen molar-refractivity contribution in [2.45, 2.75) is 12.8 Å². The number of carbonyl (C=O) groups excluding carboxylic acids is 2. The maximum Gasteiger partial charge on any atom is 0.269 e. The summed E-state index contributed by atoms with van der Waals surface area (Å²) >= 11 is 0. The second-order valence-electron chi connectivity index (χ2n) is 8.96. The quantitative estimate of drug-likeness (QED) is 0.315. The lowest BCUT2D eigenvalue weighted by Crippen LogP contribution is -2.42. The van der Waals surface area contributed by atoms with Crippen LogP contribution in [-0.4, -0.2) is 43.4 Å². The van der Waals surface area contributed by atoms with Crippen LogP contribution in [0.5, 0.6) is 0 Å². The number of halogens is 2. The lowest BCUT2D eigenvalue weighted by atomic mass is 10.0. The number of anilines is 1. The Kier molecular flexibility index (Phi) is 6.33. The lowest BCUT2D eigenvalue weighted by Gasteiger charge is -2.14. The van der Waals surface area contributed by atoms with Crippen molar-refractivity contribution < 1.29 is 23.5 Å². The zero-order chi connectivity index (χ0) is 27.8. The number of nitrogens with zero attached hydrogens (tertiary/aromatic N) is 4. The van der Waals surface area contributed by atoms with Gasteiger partial charge in [0.05, 0.1) is 18.0 Å². The minimum atomic E-state index is -1.47. The van der Waals surface area contributed by atoms with E-state index in [2.05, 4.69) is 25.7 Å². The van der Waals surface area contributed by atoms with Gasteiger partial charge in [0.25, 0.3) is 11.8 Å². The van der Waals surface area contributed by atoms with E-state index in [4.69, 9.17) is 0 Å². The summed E-state index contributed by atoms with van der Waals surface area (Å²) < 4.78 is 31.2. The van der Waals surface area contributed by atoms with Crippen LogP contribution in [0.15, 0.2) is 90.2 Å². The number of carbonyl (C=O) groups is 2. The molecule has 11 heteroatoms. The van der Waals surface area contributed by atoms with Gasteiger partial charge in [0.1, 0.15) is 22.9 Å². The minimum absolute atomic E-state index is 0.00104. The number of para-hydroxylation sites is 1. The highest BCUT2D eigenvalue weighted by atomic mass is 19.1. The number of hydrogen-bond acceptors (Lipinski definition) is 6. The first-order valence-corrected chi connectivity index (χ1v) is 12.2. The summed E-state index contributed by atoms with van der Waals surface area (Å²) in [5, 5.41) is 18.9. The van der Waals surface area contributed by atoms with Gasteiger partial charge < -0.3 is 15.7 Å². The standard InChI is InChI=1S/C29H20F2N6O3/c30-20-9-4-8-19-23(17-6-2-1-3-7-17)33-26(29(40)34-24(19)20)35-28(39)22-25(36-37-13-5-12-32-27(22)37)18-11-10-16(15-38)14-21(18)31/h1-14,26,38H,15H2,(H,34,40)(H,35,39). The number of rotatable bonds is 5. The highest BCUT2D eigenvalue weighted by molar-refractivity contribution is 6.20. The molecule has 1 aliphatic rings. The van der Waals surface area contributed by atoms with Crippen molar-refractivity contribution in [1.29, 1.82) is 0 Å². The van der Waals surface area contributed by atoms with Crippen molar-refractivity contribution in [3.8, 4) is 11.3 Å². The topological polar surface area (TPSA) is 121 Å². The number of benzodiazepines with no additional fused rings is 1. The van der Waals surface area contributed by atoms with Crippen molar-refractivity contribution >= 4 is 28.9 Å². The second-order valence-corrected chi connectivity index (χ2v) is 8.96. The third-order valence-corrected chi connectivity index (χ3v) is 6.43. The molecule has 6 rings (SSSR count). The van der Waals surface area contributed by atoms with E-state index in [1.807, 2.05) is 6.07 Å². The smallest absolute Gasteiger partial charge is 0.269 e. The van der Waals surface area contributed by atoms with Crippen LogP contribution in [0.25, 0.3) is 16.9 Å². The number of nitrogens with one attached hydrogen (secondary N) is 2. The molecule has 1 unspecified atom stereocenters. The van der Waals surface area contributed by atoms with Crippen LogP contribution in [-0.2, 0) is 11.4 Å². The third-order valence-electron chi connectivity index (χ3n) is 6.43. The third kappa shape index (κ3) is 4.37. The van der Waals surface area contributed by atoms with Crippen LogP contribution in [0.3, 0.4) is 0 Å². The zero-order valence-corrected chi connectivity index (χ0v) is 20.7. The van der Waals surface area contributed by atoms with E-state index in [-0.39, 0.29) is 34.8 Å². The van der Waals surface area contributed by atoms with Gasteiger partial charge in [-0.3, -0.25) is 9.59 Å². The summed E-state index contributed by atoms with van der Waals surface area (Å²) in [7, 11) is 0. The van der Waals surface area contributed by atoms with Crippen molar-refractivity contribution in [2.75, 3.05) is 5.32 Å². The SMILES string of the molecule is O=C(NC1N=C(c2ccccc2)c2cccc(F)c2NC1=O)c1c(-c2ccc(CO)cc2F)nn2cccnc12. The van der Waals surface area contributed by atoms with Gasteiger partial charge in [-0.2, -0.15) is 5.10 Å². The molecular formula is C29H20F2N6O3. The van der Waals surface area contributed by atoms with Crippen LogP contribution in [0, 0.1) is 11.6 Å². The maximum atomic E-state index is 15.1. The van der Waals surface area contributed by atoms with Crippen molar-refractivity contribution in [3.63, 3.8) is 0 Å². The summed E-state index contributed by atoms with van der Waals surface area (Å²) in [6, 6.07) is 18.9. The Morgan fingerprint density at radius 3 is 2.60 bits per heavy atom. The molecule has 2 amide bonds. The molecule has 1 aliphatic heterocycles. The summed E-state index contributed by atoms with van der Waals surface area (Å²) in [5.41, 5.74) is 1.55. The molecule has 3 heterocycles. The number of hydrogen-bond donors (Lipinski definition) is 3. The fraction of sp³-hybridized carbons (Fsp3) is 0.0690. The minimum Gasteiger partial charge on any atom is -0.392 e. The second kappa shape index (κ2) is 10.1. The van der Waals surface area contributed by atoms with Gasteiger partial charge >= 0.3 is 0 Å². The molecular weight excluding hydrogens is 518 g/mol. The molecule has 0 radical (unpaired) electrons. The van der Waals surface area contributed by atoms with Crippen LogP contribution in [0.4, 0.5) is 14.5 Å². The molecule has 0 spiro atoms. The largest absolute Gasteiger partial charge is 0.392 e. The van der Waals surface area contributed by atoms with Gasteiger partial charge in [-0.1, -0.05) is 48.5 Å². The Bertz CT molecular complexity index is 1820. The van der Waals surface area contributed by atoms with Crippen LogP contribution < -0.4 is 10.6 Å². The van der Waals surface area contributed by atoms with Crippen LogP contribution in [0.1, 0.15) is 27.0 Å². The number of amides is 2. The molecule has 0 saturated heterocycles. The molecule has 0 bridgehead atoms. The predicted molar refractivity (Wildman–Crippen MR) is 143 cm³/mol. The zero-order valence-electron chi connectivity index (χ0n) is 20.7. The summed E-state index contributed by atoms with van der Waals surface area (Å²) in [6.45, 7) is -0.362. The van der Waals surface area contributed by atoms with Crippen molar-refractivity contribution in [2.24, 2.45) is 4.99 Å². The van der Waals surface area contributed by atoms with E-state index in [1.165, 1.54) is 35.0 Å². The van der Waals surface area contributed by atoms with Gasteiger partial charge in [0.2, 0.25) is 6.17 Å². The molecule has 40 heavy (non-hydrogen) atoms. The molecule has 3 N–H and O–H groups in total. The van der Waals surface area contributed by atoms with Crippen molar-refractivity contribution in [1.82, 2.24) is 19.9 Å². The van der Waals surface area contributed by atoms with Gasteiger partial charge in [0.15, 0.2) is 5.65 Å². The van der Waals surface area contributed by atoms with E-state index in [0.717, 1.165) is 6.07 Å². The first-order chi connectivity index (χ1) is 19.4. The molecule has 9 nitrogen and oxygen atoms in total. The van der Waals surface area contributed by atoms with E-state index in [1.54, 1.807) is 42.6 Å². The van der Waals surface area contributed by atoms with E-state index in [0.29, 0.717) is 22.4 Å². The highest BCUT2D eigenvalue weighted by Gasteiger charge is 2.31. The fourth-order valence-corrected chi connectivity index (χ4v) is 4.55. The van der Waals surface area contributed by atoms with Gasteiger partial charge in [-0.15, -0.1) is 0 Å².